The number of nitrogens with one attached hydrogen (secondary N) is 1. The van der Waals surface area contributed by atoms with Crippen molar-refractivity contribution in [3.8, 4) is 5.75 Å². The molecular formula is C16H25NO2. The first-order valence-electron chi connectivity index (χ1n) is 7.27. The molecule has 0 unspecified atom stereocenters. The van der Waals surface area contributed by atoms with Gasteiger partial charge in [0.25, 0.3) is 5.91 Å². The second-order valence-corrected chi connectivity index (χ2v) is 4.72. The third kappa shape index (κ3) is 8.25. The minimum absolute atomic E-state index is 0.0441. The quantitative estimate of drug-likeness (QED) is 0.656. The average Bonchev–Trinajstić information content (AvgIpc) is 2.45. The van der Waals surface area contributed by atoms with Gasteiger partial charge in [0.1, 0.15) is 5.75 Å². The number of carbonyl (C=O) groups is 1. The molecule has 1 aromatic rings. The summed E-state index contributed by atoms with van der Waals surface area (Å²) in [4.78, 5) is 11.5. The zero-order valence-electron chi connectivity index (χ0n) is 11.9. The van der Waals surface area contributed by atoms with E-state index < -0.39 is 0 Å². The Morgan fingerprint density at radius 3 is 2.47 bits per heavy atom. The monoisotopic (exact) mass is 263 g/mol. The maximum absolute atomic E-state index is 11.5. The lowest BCUT2D eigenvalue weighted by molar-refractivity contribution is -0.123. The molecule has 106 valence electrons. The van der Waals surface area contributed by atoms with Crippen LogP contribution in [0.2, 0.25) is 0 Å². The molecule has 3 nitrogen and oxygen atoms in total. The number of ether oxygens (including phenoxy) is 1. The van der Waals surface area contributed by atoms with Crippen molar-refractivity contribution in [2.24, 2.45) is 0 Å². The van der Waals surface area contributed by atoms with E-state index in [4.69, 9.17) is 4.74 Å². The molecule has 1 N–H and O–H groups in total. The van der Waals surface area contributed by atoms with Crippen molar-refractivity contribution in [2.75, 3.05) is 13.2 Å². The molecule has 0 radical (unpaired) electrons. The molecule has 0 saturated carbocycles. The van der Waals surface area contributed by atoms with Gasteiger partial charge in [-0.25, -0.2) is 0 Å². The number of amides is 1. The van der Waals surface area contributed by atoms with E-state index in [-0.39, 0.29) is 12.5 Å². The molecule has 3 heteroatoms. The lowest BCUT2D eigenvalue weighted by Crippen LogP contribution is -2.29. The van der Waals surface area contributed by atoms with Gasteiger partial charge in [0.15, 0.2) is 6.61 Å². The van der Waals surface area contributed by atoms with E-state index in [9.17, 15) is 4.79 Å². The summed E-state index contributed by atoms with van der Waals surface area (Å²) in [5, 5.41) is 2.88. The van der Waals surface area contributed by atoms with Gasteiger partial charge in [0, 0.05) is 6.54 Å². The first kappa shape index (κ1) is 15.5. The van der Waals surface area contributed by atoms with Crippen LogP contribution in [0.25, 0.3) is 0 Å². The van der Waals surface area contributed by atoms with Crippen LogP contribution in [0.3, 0.4) is 0 Å². The molecule has 1 aromatic carbocycles. The Morgan fingerprint density at radius 2 is 1.74 bits per heavy atom. The molecule has 1 amide bonds. The SMILES string of the molecule is CCCCCCCCNC(=O)COc1ccccc1. The van der Waals surface area contributed by atoms with Gasteiger partial charge in [-0.3, -0.25) is 4.79 Å². The summed E-state index contributed by atoms with van der Waals surface area (Å²) in [7, 11) is 0. The van der Waals surface area contributed by atoms with Crippen molar-refractivity contribution >= 4 is 5.91 Å². The van der Waals surface area contributed by atoms with Crippen LogP contribution in [0.15, 0.2) is 30.3 Å². The Bertz CT molecular complexity index is 338. The van der Waals surface area contributed by atoms with Crippen molar-refractivity contribution in [3.05, 3.63) is 30.3 Å². The van der Waals surface area contributed by atoms with Gasteiger partial charge in [-0.1, -0.05) is 57.2 Å². The van der Waals surface area contributed by atoms with E-state index >= 15 is 0 Å². The molecular weight excluding hydrogens is 238 g/mol. The predicted molar refractivity (Wildman–Crippen MR) is 78.3 cm³/mol. The molecule has 0 bridgehead atoms. The number of unbranched alkanes of at least 4 members (excludes halogenated alkanes) is 5. The van der Waals surface area contributed by atoms with E-state index in [1.807, 2.05) is 30.3 Å². The summed E-state index contributed by atoms with van der Waals surface area (Å²) in [6.45, 7) is 3.07. The number of hydrogen-bond donors (Lipinski definition) is 1. The second-order valence-electron chi connectivity index (χ2n) is 4.72. The van der Waals surface area contributed by atoms with Gasteiger partial charge in [0.2, 0.25) is 0 Å². The van der Waals surface area contributed by atoms with Crippen molar-refractivity contribution in [1.82, 2.24) is 5.32 Å². The minimum Gasteiger partial charge on any atom is -0.484 e. The highest BCUT2D eigenvalue weighted by Crippen LogP contribution is 2.07. The first-order valence-corrected chi connectivity index (χ1v) is 7.27. The molecule has 0 saturated heterocycles. The number of benzene rings is 1. The van der Waals surface area contributed by atoms with Gasteiger partial charge < -0.3 is 10.1 Å². The molecule has 0 spiro atoms. The van der Waals surface area contributed by atoms with Crippen LogP contribution < -0.4 is 10.1 Å². The van der Waals surface area contributed by atoms with Gasteiger partial charge in [0.05, 0.1) is 0 Å². The summed E-state index contributed by atoms with van der Waals surface area (Å²) < 4.78 is 5.37. The summed E-state index contributed by atoms with van der Waals surface area (Å²) in [6.07, 6.45) is 7.41. The van der Waals surface area contributed by atoms with E-state index in [2.05, 4.69) is 12.2 Å². The zero-order valence-corrected chi connectivity index (χ0v) is 11.9. The largest absolute Gasteiger partial charge is 0.484 e. The smallest absolute Gasteiger partial charge is 0.257 e. The highest BCUT2D eigenvalue weighted by atomic mass is 16.5. The molecule has 0 aromatic heterocycles. The van der Waals surface area contributed by atoms with Gasteiger partial charge >= 0.3 is 0 Å². The minimum atomic E-state index is -0.0441. The van der Waals surface area contributed by atoms with E-state index in [1.165, 1.54) is 32.1 Å². The second kappa shape index (κ2) is 10.4. The zero-order chi connectivity index (χ0) is 13.8. The predicted octanol–water partition coefficient (Wildman–Crippen LogP) is 3.54. The molecule has 0 aliphatic carbocycles. The fraction of sp³-hybridized carbons (Fsp3) is 0.562. The van der Waals surface area contributed by atoms with Crippen LogP contribution in [0, 0.1) is 0 Å². The Hall–Kier alpha value is -1.51. The van der Waals surface area contributed by atoms with Crippen molar-refractivity contribution in [3.63, 3.8) is 0 Å². The van der Waals surface area contributed by atoms with Crippen LogP contribution in [0.5, 0.6) is 5.75 Å². The summed E-state index contributed by atoms with van der Waals surface area (Å²) in [5.41, 5.74) is 0. The number of carbonyl (C=O) groups excluding carboxylic acids is 1. The molecule has 0 aliphatic heterocycles. The fourth-order valence-electron chi connectivity index (χ4n) is 1.85. The van der Waals surface area contributed by atoms with Gasteiger partial charge in [-0.05, 0) is 18.6 Å². The molecule has 0 atom stereocenters. The van der Waals surface area contributed by atoms with Crippen molar-refractivity contribution in [1.29, 1.82) is 0 Å². The normalized spacial score (nSPS) is 10.2. The Labute approximate surface area is 116 Å². The van der Waals surface area contributed by atoms with Crippen molar-refractivity contribution < 1.29 is 9.53 Å². The highest BCUT2D eigenvalue weighted by Gasteiger charge is 2.01. The van der Waals surface area contributed by atoms with Gasteiger partial charge in [-0.2, -0.15) is 0 Å². The Kier molecular flexibility index (Phi) is 8.52. The van der Waals surface area contributed by atoms with Crippen LogP contribution in [0.1, 0.15) is 45.4 Å². The highest BCUT2D eigenvalue weighted by molar-refractivity contribution is 5.77. The van der Waals surface area contributed by atoms with Crippen LogP contribution >= 0.6 is 0 Å². The maximum Gasteiger partial charge on any atom is 0.257 e. The molecule has 0 fully saturated rings. The van der Waals surface area contributed by atoms with Crippen LogP contribution in [0.4, 0.5) is 0 Å². The summed E-state index contributed by atoms with van der Waals surface area (Å²) in [5.74, 6) is 0.689. The van der Waals surface area contributed by atoms with Crippen LogP contribution in [-0.2, 0) is 4.79 Å². The third-order valence-electron chi connectivity index (χ3n) is 2.97. The summed E-state index contributed by atoms with van der Waals surface area (Å²) in [6, 6.07) is 9.40. The number of rotatable bonds is 10. The van der Waals surface area contributed by atoms with Crippen molar-refractivity contribution in [2.45, 2.75) is 45.4 Å². The van der Waals surface area contributed by atoms with Gasteiger partial charge in [-0.15, -0.1) is 0 Å². The Balaban J connectivity index is 1.96. The molecule has 19 heavy (non-hydrogen) atoms. The van der Waals surface area contributed by atoms with Crippen LogP contribution in [-0.4, -0.2) is 19.1 Å². The topological polar surface area (TPSA) is 38.3 Å². The first-order chi connectivity index (χ1) is 9.33. The number of para-hydroxylation sites is 1. The fourth-order valence-corrected chi connectivity index (χ4v) is 1.85. The van der Waals surface area contributed by atoms with E-state index in [1.54, 1.807) is 0 Å². The Morgan fingerprint density at radius 1 is 1.05 bits per heavy atom. The summed E-state index contributed by atoms with van der Waals surface area (Å²) >= 11 is 0. The lowest BCUT2D eigenvalue weighted by atomic mass is 10.1. The maximum atomic E-state index is 11.5. The lowest BCUT2D eigenvalue weighted by Gasteiger charge is -2.07. The molecule has 0 aliphatic rings. The molecule has 1 rings (SSSR count). The van der Waals surface area contributed by atoms with E-state index in [0.29, 0.717) is 0 Å². The van der Waals surface area contributed by atoms with E-state index in [0.717, 1.165) is 18.7 Å². The average molecular weight is 263 g/mol. The third-order valence-corrected chi connectivity index (χ3v) is 2.97. The standard InChI is InChI=1S/C16H25NO2/c1-2-3-4-5-6-10-13-17-16(18)14-19-15-11-8-7-9-12-15/h7-9,11-12H,2-6,10,13-14H2,1H3,(H,17,18). The number of hydrogen-bond acceptors (Lipinski definition) is 2. The molecule has 0 heterocycles.